The molecule has 1 fully saturated rings. The summed E-state index contributed by atoms with van der Waals surface area (Å²) in [5, 5.41) is 11.3. The number of amides is 1. The first-order valence-corrected chi connectivity index (χ1v) is 10.3. The second-order valence-corrected chi connectivity index (χ2v) is 6.74. The molecule has 1 amide bonds. The van der Waals surface area contributed by atoms with E-state index in [9.17, 15) is 9.18 Å². The Morgan fingerprint density at radius 2 is 2.00 bits per heavy atom. The Morgan fingerprint density at radius 3 is 2.55 bits per heavy atom. The van der Waals surface area contributed by atoms with Crippen molar-refractivity contribution in [3.8, 4) is 11.1 Å². The maximum absolute atomic E-state index is 14.7. The van der Waals surface area contributed by atoms with Gasteiger partial charge in [-0.2, -0.15) is 5.53 Å². The predicted molar refractivity (Wildman–Crippen MR) is 113 cm³/mol. The Kier molecular flexibility index (Phi) is 8.14. The number of hydrogen-bond acceptors (Lipinski definition) is 6. The van der Waals surface area contributed by atoms with Gasteiger partial charge in [-0.25, -0.2) is 14.2 Å². The molecule has 0 saturated carbocycles. The van der Waals surface area contributed by atoms with Crippen LogP contribution >= 0.6 is 11.8 Å². The zero-order valence-electron chi connectivity index (χ0n) is 16.6. The Labute approximate surface area is 173 Å². The second kappa shape index (κ2) is 10.6. The van der Waals surface area contributed by atoms with Crippen LogP contribution in [0, 0.1) is 16.8 Å². The minimum atomic E-state index is -0.591. The zero-order chi connectivity index (χ0) is 21.4. The lowest BCUT2D eigenvalue weighted by molar-refractivity contribution is 0.125. The van der Waals surface area contributed by atoms with E-state index in [0.717, 1.165) is 21.8 Å². The van der Waals surface area contributed by atoms with Crippen molar-refractivity contribution in [3.63, 3.8) is 0 Å². The number of rotatable bonds is 7. The van der Waals surface area contributed by atoms with Gasteiger partial charge in [0.05, 0.1) is 18.8 Å². The van der Waals surface area contributed by atoms with Gasteiger partial charge in [0, 0.05) is 10.5 Å². The van der Waals surface area contributed by atoms with Crippen LogP contribution in [-0.2, 0) is 4.74 Å². The third-order valence-corrected chi connectivity index (χ3v) is 4.95. The molecule has 1 unspecified atom stereocenters. The van der Waals surface area contributed by atoms with Crippen molar-refractivity contribution in [1.82, 2.24) is 5.01 Å². The first kappa shape index (κ1) is 22.4. The normalized spacial score (nSPS) is 15.2. The van der Waals surface area contributed by atoms with Crippen LogP contribution < -0.4 is 4.90 Å². The molecule has 1 aliphatic heterocycles. The zero-order valence-corrected chi connectivity index (χ0v) is 17.4. The second-order valence-electron chi connectivity index (χ2n) is 5.86. The molecular weight excluding hydrogens is 393 g/mol. The summed E-state index contributed by atoms with van der Waals surface area (Å²) in [6.07, 6.45) is 1.70. The smallest absolute Gasteiger partial charge is 0.414 e. The van der Waals surface area contributed by atoms with Crippen molar-refractivity contribution in [2.24, 2.45) is 5.22 Å². The summed E-state index contributed by atoms with van der Waals surface area (Å²) < 4.78 is 19.9. The van der Waals surface area contributed by atoms with Crippen molar-refractivity contribution < 1.29 is 13.9 Å². The minimum absolute atomic E-state index is 0.0948. The lowest BCUT2D eigenvalue weighted by Crippen LogP contribution is -2.30. The SMILES string of the molecule is CC.CSc1ccc(-c2ccc(N3CC(CN(C=N)N=N)OC3=O)cc2F)cc1. The van der Waals surface area contributed by atoms with Crippen LogP contribution in [0.5, 0.6) is 0 Å². The van der Waals surface area contributed by atoms with Gasteiger partial charge in [0.1, 0.15) is 18.3 Å². The van der Waals surface area contributed by atoms with Gasteiger partial charge in [-0.15, -0.1) is 11.8 Å². The van der Waals surface area contributed by atoms with Gasteiger partial charge in [-0.3, -0.25) is 10.3 Å². The van der Waals surface area contributed by atoms with Gasteiger partial charge in [-0.1, -0.05) is 31.2 Å². The van der Waals surface area contributed by atoms with Crippen LogP contribution in [0.3, 0.4) is 0 Å². The molecule has 1 atom stereocenters. The van der Waals surface area contributed by atoms with E-state index in [4.69, 9.17) is 15.7 Å². The largest absolute Gasteiger partial charge is 0.442 e. The van der Waals surface area contributed by atoms with E-state index in [1.54, 1.807) is 23.9 Å². The molecule has 0 radical (unpaired) electrons. The number of carbonyl (C=O) groups excluding carboxylic acids is 1. The molecule has 2 aromatic carbocycles. The summed E-state index contributed by atoms with van der Waals surface area (Å²) in [6.45, 7) is 4.29. The number of benzene rings is 2. The quantitative estimate of drug-likeness (QED) is 0.207. The molecule has 7 nitrogen and oxygen atoms in total. The van der Waals surface area contributed by atoms with Crippen molar-refractivity contribution in [2.45, 2.75) is 24.8 Å². The molecule has 9 heteroatoms. The standard InChI is InChI=1S/C18H18FN5O2S.C2H6/c1-27-15-5-2-12(3-6-15)16-7-4-13(8-17(16)19)24-10-14(26-18(24)25)9-23(11-20)22-21;1-2/h2-8,11,14,20-21H,9-10H2,1H3;1-2H3. The molecule has 0 aliphatic carbocycles. The first-order valence-electron chi connectivity index (χ1n) is 9.12. The van der Waals surface area contributed by atoms with E-state index in [1.807, 2.05) is 44.4 Å². The molecule has 2 N–H and O–H groups in total. The Morgan fingerprint density at radius 1 is 1.31 bits per heavy atom. The highest BCUT2D eigenvalue weighted by atomic mass is 32.2. The van der Waals surface area contributed by atoms with Crippen molar-refractivity contribution in [1.29, 1.82) is 10.9 Å². The molecule has 29 heavy (non-hydrogen) atoms. The average Bonchev–Trinajstić information content (AvgIpc) is 3.13. The fourth-order valence-electron chi connectivity index (χ4n) is 2.84. The van der Waals surface area contributed by atoms with E-state index in [-0.39, 0.29) is 13.1 Å². The third-order valence-electron chi connectivity index (χ3n) is 4.21. The first-order chi connectivity index (χ1) is 14.0. The number of anilines is 1. The molecule has 154 valence electrons. The maximum atomic E-state index is 14.7. The summed E-state index contributed by atoms with van der Waals surface area (Å²) in [4.78, 5) is 14.5. The molecule has 3 rings (SSSR count). The number of nitrogens with zero attached hydrogens (tertiary/aromatic N) is 3. The highest BCUT2D eigenvalue weighted by molar-refractivity contribution is 7.98. The number of cyclic esters (lactones) is 1. The number of nitrogens with one attached hydrogen (secondary N) is 2. The van der Waals surface area contributed by atoms with E-state index < -0.39 is 18.0 Å². The fourth-order valence-corrected chi connectivity index (χ4v) is 3.24. The summed E-state index contributed by atoms with van der Waals surface area (Å²) in [5.41, 5.74) is 8.56. The van der Waals surface area contributed by atoms with Gasteiger partial charge in [-0.05, 0) is 42.2 Å². The predicted octanol–water partition coefficient (Wildman–Crippen LogP) is 5.42. The molecule has 2 aromatic rings. The van der Waals surface area contributed by atoms with Crippen molar-refractivity contribution >= 4 is 29.9 Å². The molecule has 0 aromatic heterocycles. The highest BCUT2D eigenvalue weighted by Crippen LogP contribution is 2.30. The Hall–Kier alpha value is -2.94. The Balaban J connectivity index is 0.00000145. The molecule has 1 aliphatic rings. The number of thioether (sulfide) groups is 1. The average molecular weight is 418 g/mol. The number of ether oxygens (including phenoxy) is 1. The van der Waals surface area contributed by atoms with Gasteiger partial charge in [0.15, 0.2) is 0 Å². The molecule has 0 spiro atoms. The summed E-state index contributed by atoms with van der Waals surface area (Å²) in [6, 6.07) is 12.2. The maximum Gasteiger partial charge on any atom is 0.414 e. The summed E-state index contributed by atoms with van der Waals surface area (Å²) in [5.74, 6) is -0.428. The van der Waals surface area contributed by atoms with Gasteiger partial charge >= 0.3 is 6.09 Å². The van der Waals surface area contributed by atoms with Gasteiger partial charge in [0.25, 0.3) is 0 Å². The van der Waals surface area contributed by atoms with E-state index >= 15 is 0 Å². The van der Waals surface area contributed by atoms with Crippen LogP contribution in [0.1, 0.15) is 13.8 Å². The lowest BCUT2D eigenvalue weighted by Gasteiger charge is -2.16. The minimum Gasteiger partial charge on any atom is -0.442 e. The Bertz CT molecular complexity index is 854. The topological polar surface area (TPSA) is 92.8 Å². The van der Waals surface area contributed by atoms with Crippen LogP contribution in [-0.4, -0.2) is 42.9 Å². The van der Waals surface area contributed by atoms with Gasteiger partial charge < -0.3 is 4.74 Å². The molecule has 1 heterocycles. The van der Waals surface area contributed by atoms with E-state index in [1.165, 1.54) is 11.0 Å². The number of hydrogen-bond donors (Lipinski definition) is 2. The van der Waals surface area contributed by atoms with Crippen molar-refractivity contribution in [2.75, 3.05) is 24.2 Å². The molecule has 1 saturated heterocycles. The summed E-state index contributed by atoms with van der Waals surface area (Å²) >= 11 is 1.62. The fraction of sp³-hybridized carbons (Fsp3) is 0.300. The lowest BCUT2D eigenvalue weighted by atomic mass is 10.0. The molecular formula is C20H24FN5O2S. The van der Waals surface area contributed by atoms with Gasteiger partial charge in [0.2, 0.25) is 0 Å². The monoisotopic (exact) mass is 417 g/mol. The highest BCUT2D eigenvalue weighted by Gasteiger charge is 2.33. The van der Waals surface area contributed by atoms with E-state index in [2.05, 4.69) is 5.22 Å². The van der Waals surface area contributed by atoms with E-state index in [0.29, 0.717) is 11.3 Å². The number of halogens is 1. The molecule has 0 bridgehead atoms. The summed E-state index contributed by atoms with van der Waals surface area (Å²) in [7, 11) is 0. The van der Waals surface area contributed by atoms with Crippen LogP contribution in [0.4, 0.5) is 14.9 Å². The third kappa shape index (κ3) is 5.32. The van der Waals surface area contributed by atoms with Crippen LogP contribution in [0.2, 0.25) is 0 Å². The number of carbonyl (C=O) groups is 1. The van der Waals surface area contributed by atoms with Crippen LogP contribution in [0.15, 0.2) is 52.6 Å². The van der Waals surface area contributed by atoms with Crippen LogP contribution in [0.25, 0.3) is 11.1 Å². The van der Waals surface area contributed by atoms with Crippen molar-refractivity contribution in [3.05, 3.63) is 48.3 Å².